The first-order valence-electron chi connectivity index (χ1n) is 7.07. The summed E-state index contributed by atoms with van der Waals surface area (Å²) >= 11 is 6.05. The summed E-state index contributed by atoms with van der Waals surface area (Å²) in [4.78, 5) is 17.1. The van der Waals surface area contributed by atoms with Gasteiger partial charge in [0.25, 0.3) is 0 Å². The molecule has 0 aromatic carbocycles. The molecule has 7 heteroatoms. The van der Waals surface area contributed by atoms with E-state index < -0.39 is 0 Å². The molecule has 0 spiro atoms. The van der Waals surface area contributed by atoms with Crippen molar-refractivity contribution in [2.45, 2.75) is 39.3 Å². The van der Waals surface area contributed by atoms with E-state index in [9.17, 15) is 0 Å². The Labute approximate surface area is 125 Å². The van der Waals surface area contributed by atoms with Crippen LogP contribution in [0.1, 0.15) is 27.2 Å². The van der Waals surface area contributed by atoms with Gasteiger partial charge < -0.3 is 14.5 Å². The normalized spacial score (nSPS) is 22.1. The topological polar surface area (TPSA) is 54.4 Å². The number of hydrogen-bond acceptors (Lipinski definition) is 6. The van der Waals surface area contributed by atoms with Crippen molar-refractivity contribution < 1.29 is 4.74 Å². The highest BCUT2D eigenvalue weighted by Gasteiger charge is 2.30. The van der Waals surface area contributed by atoms with E-state index in [1.54, 1.807) is 0 Å². The second-order valence-corrected chi connectivity index (χ2v) is 5.26. The second kappa shape index (κ2) is 6.54. The average molecular weight is 300 g/mol. The number of nitrogens with zero attached hydrogens (tertiary/aromatic N) is 5. The summed E-state index contributed by atoms with van der Waals surface area (Å²) in [5, 5.41) is 0.232. The van der Waals surface area contributed by atoms with Crippen LogP contribution < -0.4 is 9.80 Å². The molecule has 2 rings (SSSR count). The van der Waals surface area contributed by atoms with Crippen molar-refractivity contribution >= 4 is 23.5 Å². The van der Waals surface area contributed by atoms with E-state index in [1.165, 1.54) is 0 Å². The van der Waals surface area contributed by atoms with Crippen molar-refractivity contribution in [2.24, 2.45) is 0 Å². The van der Waals surface area contributed by atoms with Crippen molar-refractivity contribution in [1.82, 2.24) is 15.0 Å². The molecule has 112 valence electrons. The Hall–Kier alpha value is -1.14. The maximum Gasteiger partial charge on any atom is 0.231 e. The fourth-order valence-corrected chi connectivity index (χ4v) is 2.66. The second-order valence-electron chi connectivity index (χ2n) is 4.92. The summed E-state index contributed by atoms with van der Waals surface area (Å²) in [5.74, 6) is 1.23. The zero-order valence-electron chi connectivity index (χ0n) is 12.5. The van der Waals surface area contributed by atoms with Crippen molar-refractivity contribution in [2.75, 3.05) is 36.5 Å². The lowest BCUT2D eigenvalue weighted by Crippen LogP contribution is -2.38. The highest BCUT2D eigenvalue weighted by atomic mass is 35.5. The number of likely N-dealkylation sites (N-methyl/N-ethyl adjacent to an activating group) is 1. The molecule has 0 N–H and O–H groups in total. The highest BCUT2D eigenvalue weighted by Crippen LogP contribution is 2.23. The standard InChI is InChI=1S/C13H22ClN5O/c1-5-19(6-2)13-16-11(14)15-12(17-13)18(4)10-7-8-20-9(10)3/h9-10H,5-8H2,1-4H3. The Morgan fingerprint density at radius 2 is 1.85 bits per heavy atom. The molecule has 2 unspecified atom stereocenters. The van der Waals surface area contributed by atoms with Crippen LogP contribution in [0.4, 0.5) is 11.9 Å². The number of ether oxygens (including phenoxy) is 1. The maximum absolute atomic E-state index is 6.05. The zero-order valence-corrected chi connectivity index (χ0v) is 13.3. The third-order valence-electron chi connectivity index (χ3n) is 3.78. The van der Waals surface area contributed by atoms with Crippen LogP contribution in [0.2, 0.25) is 5.28 Å². The molecule has 1 saturated heterocycles. The van der Waals surface area contributed by atoms with Crippen molar-refractivity contribution in [3.05, 3.63) is 5.28 Å². The molecule has 0 bridgehead atoms. The van der Waals surface area contributed by atoms with Crippen LogP contribution in [-0.2, 0) is 4.74 Å². The van der Waals surface area contributed by atoms with Crippen LogP contribution in [-0.4, -0.2) is 53.8 Å². The average Bonchev–Trinajstić information content (AvgIpc) is 2.85. The minimum Gasteiger partial charge on any atom is -0.376 e. The summed E-state index contributed by atoms with van der Waals surface area (Å²) in [5.41, 5.74) is 0. The quantitative estimate of drug-likeness (QED) is 0.829. The van der Waals surface area contributed by atoms with Gasteiger partial charge in [0, 0.05) is 26.7 Å². The van der Waals surface area contributed by atoms with Crippen LogP contribution in [0.3, 0.4) is 0 Å². The Morgan fingerprint density at radius 3 is 2.40 bits per heavy atom. The molecule has 0 aliphatic carbocycles. The molecule has 1 aromatic rings. The summed E-state index contributed by atoms with van der Waals surface area (Å²) in [7, 11) is 1.98. The highest BCUT2D eigenvalue weighted by molar-refractivity contribution is 6.28. The monoisotopic (exact) mass is 299 g/mol. The van der Waals surface area contributed by atoms with E-state index in [-0.39, 0.29) is 17.4 Å². The Morgan fingerprint density at radius 1 is 1.20 bits per heavy atom. The summed E-state index contributed by atoms with van der Waals surface area (Å²) in [6.45, 7) is 8.65. The predicted octanol–water partition coefficient (Wildman–Crippen LogP) is 1.98. The van der Waals surface area contributed by atoms with Crippen molar-refractivity contribution in [3.63, 3.8) is 0 Å². The van der Waals surface area contributed by atoms with E-state index in [4.69, 9.17) is 16.3 Å². The predicted molar refractivity (Wildman–Crippen MR) is 80.6 cm³/mol. The van der Waals surface area contributed by atoms with Gasteiger partial charge in [-0.05, 0) is 38.8 Å². The van der Waals surface area contributed by atoms with Crippen LogP contribution >= 0.6 is 11.6 Å². The van der Waals surface area contributed by atoms with E-state index in [0.29, 0.717) is 11.9 Å². The molecule has 2 heterocycles. The van der Waals surface area contributed by atoms with E-state index in [1.807, 2.05) is 11.9 Å². The largest absolute Gasteiger partial charge is 0.376 e. The summed E-state index contributed by atoms with van der Waals surface area (Å²) in [6, 6.07) is 0.276. The zero-order chi connectivity index (χ0) is 14.7. The van der Waals surface area contributed by atoms with Gasteiger partial charge in [0.2, 0.25) is 17.2 Å². The van der Waals surface area contributed by atoms with Crippen LogP contribution in [0, 0.1) is 0 Å². The molecule has 0 amide bonds. The van der Waals surface area contributed by atoms with Crippen LogP contribution in [0.5, 0.6) is 0 Å². The lowest BCUT2D eigenvalue weighted by Gasteiger charge is -2.27. The third kappa shape index (κ3) is 3.12. The summed E-state index contributed by atoms with van der Waals surface area (Å²) < 4.78 is 5.60. The molecule has 2 atom stereocenters. The van der Waals surface area contributed by atoms with Gasteiger partial charge in [0.15, 0.2) is 0 Å². The Bertz CT molecular complexity index is 454. The minimum atomic E-state index is 0.174. The Kier molecular flexibility index (Phi) is 4.99. The summed E-state index contributed by atoms with van der Waals surface area (Å²) in [6.07, 6.45) is 1.15. The van der Waals surface area contributed by atoms with Gasteiger partial charge in [-0.1, -0.05) is 0 Å². The number of aromatic nitrogens is 3. The van der Waals surface area contributed by atoms with Crippen LogP contribution in [0.25, 0.3) is 0 Å². The smallest absolute Gasteiger partial charge is 0.231 e. The first-order chi connectivity index (χ1) is 9.56. The SMILES string of the molecule is CCN(CC)c1nc(Cl)nc(N(C)C2CCOC2C)n1. The molecular formula is C13H22ClN5O. The van der Waals surface area contributed by atoms with Gasteiger partial charge in [-0.15, -0.1) is 0 Å². The molecule has 1 aliphatic rings. The number of halogens is 1. The van der Waals surface area contributed by atoms with E-state index in [2.05, 4.69) is 40.6 Å². The van der Waals surface area contributed by atoms with Crippen molar-refractivity contribution in [1.29, 1.82) is 0 Å². The lowest BCUT2D eigenvalue weighted by atomic mass is 10.1. The van der Waals surface area contributed by atoms with E-state index >= 15 is 0 Å². The molecule has 20 heavy (non-hydrogen) atoms. The van der Waals surface area contributed by atoms with Crippen molar-refractivity contribution in [3.8, 4) is 0 Å². The van der Waals surface area contributed by atoms with Gasteiger partial charge in [-0.3, -0.25) is 0 Å². The number of rotatable bonds is 5. The molecule has 1 fully saturated rings. The minimum absolute atomic E-state index is 0.174. The van der Waals surface area contributed by atoms with Gasteiger partial charge in [0.05, 0.1) is 12.1 Å². The molecule has 0 saturated carbocycles. The molecule has 0 radical (unpaired) electrons. The van der Waals surface area contributed by atoms with Gasteiger partial charge in [-0.25, -0.2) is 0 Å². The third-order valence-corrected chi connectivity index (χ3v) is 3.95. The molecule has 1 aliphatic heterocycles. The fraction of sp³-hybridized carbons (Fsp3) is 0.769. The van der Waals surface area contributed by atoms with E-state index in [0.717, 1.165) is 26.1 Å². The molecule has 6 nitrogen and oxygen atoms in total. The first kappa shape index (κ1) is 15.3. The number of hydrogen-bond donors (Lipinski definition) is 0. The van der Waals surface area contributed by atoms with Gasteiger partial charge in [-0.2, -0.15) is 15.0 Å². The number of anilines is 2. The Balaban J connectivity index is 2.27. The van der Waals surface area contributed by atoms with Crippen LogP contribution in [0.15, 0.2) is 0 Å². The first-order valence-corrected chi connectivity index (χ1v) is 7.45. The molecule has 1 aromatic heterocycles. The van der Waals surface area contributed by atoms with Gasteiger partial charge >= 0.3 is 0 Å². The maximum atomic E-state index is 6.05. The fourth-order valence-electron chi connectivity index (χ4n) is 2.51. The molecular weight excluding hydrogens is 278 g/mol. The van der Waals surface area contributed by atoms with Gasteiger partial charge in [0.1, 0.15) is 0 Å². The lowest BCUT2D eigenvalue weighted by molar-refractivity contribution is 0.118.